The van der Waals surface area contributed by atoms with Crippen molar-refractivity contribution in [1.82, 2.24) is 15.2 Å². The molecule has 0 aliphatic rings. The van der Waals surface area contributed by atoms with Crippen LogP contribution in [0.15, 0.2) is 30.9 Å². The first-order valence-corrected chi connectivity index (χ1v) is 4.47. The molecule has 0 aliphatic carbocycles. The molecule has 0 fully saturated rings. The number of aliphatic hydroxyl groups excluding tert-OH is 1. The van der Waals surface area contributed by atoms with Crippen LogP contribution in [0.5, 0.6) is 5.75 Å². The predicted molar refractivity (Wildman–Crippen MR) is 53.4 cm³/mol. The van der Waals surface area contributed by atoms with Gasteiger partial charge in [-0.3, -0.25) is 10.1 Å². The van der Waals surface area contributed by atoms with Gasteiger partial charge in [0.2, 0.25) is 0 Å². The van der Waals surface area contributed by atoms with Crippen LogP contribution in [0.3, 0.4) is 0 Å². The molecule has 0 saturated heterocycles. The number of hydrogen-bond donors (Lipinski definition) is 2. The molecule has 0 spiro atoms. The van der Waals surface area contributed by atoms with Gasteiger partial charge in [-0.15, -0.1) is 0 Å². The fourth-order valence-electron chi connectivity index (χ4n) is 1.38. The number of pyridine rings is 1. The largest absolute Gasteiger partial charge is 0.496 e. The van der Waals surface area contributed by atoms with Crippen LogP contribution in [-0.4, -0.2) is 27.4 Å². The second-order valence-corrected chi connectivity index (χ2v) is 3.05. The van der Waals surface area contributed by atoms with Gasteiger partial charge in [-0.05, 0) is 6.07 Å². The number of nitrogens with zero attached hydrogens (tertiary/aromatic N) is 2. The molecule has 78 valence electrons. The Morgan fingerprint density at radius 1 is 1.47 bits per heavy atom. The quantitative estimate of drug-likeness (QED) is 0.780. The average Bonchev–Trinajstić information content (AvgIpc) is 2.81. The van der Waals surface area contributed by atoms with Gasteiger partial charge in [0.05, 0.1) is 13.3 Å². The van der Waals surface area contributed by atoms with Crippen LogP contribution >= 0.6 is 0 Å². The highest BCUT2D eigenvalue weighted by atomic mass is 16.5. The summed E-state index contributed by atoms with van der Waals surface area (Å²) >= 11 is 0. The fourth-order valence-corrected chi connectivity index (χ4v) is 1.38. The van der Waals surface area contributed by atoms with Crippen molar-refractivity contribution < 1.29 is 9.84 Å². The van der Waals surface area contributed by atoms with Crippen LogP contribution in [-0.2, 0) is 0 Å². The standard InChI is InChI=1S/C10H11N3O2/c1-15-9-2-3-11-6-8(9)10(14)7-4-12-13-5-7/h2-6,10,14H,1H3,(H,12,13). The van der Waals surface area contributed by atoms with Crippen LogP contribution in [0.4, 0.5) is 0 Å². The Morgan fingerprint density at radius 2 is 2.33 bits per heavy atom. The molecule has 15 heavy (non-hydrogen) atoms. The molecule has 2 aromatic rings. The van der Waals surface area contributed by atoms with Crippen molar-refractivity contribution in [3.8, 4) is 5.75 Å². The molecular weight excluding hydrogens is 194 g/mol. The first-order chi connectivity index (χ1) is 7.33. The molecule has 0 aromatic carbocycles. The summed E-state index contributed by atoms with van der Waals surface area (Å²) in [6.45, 7) is 0. The number of ether oxygens (including phenoxy) is 1. The minimum absolute atomic E-state index is 0.610. The molecule has 0 bridgehead atoms. The van der Waals surface area contributed by atoms with Gasteiger partial charge >= 0.3 is 0 Å². The van der Waals surface area contributed by atoms with Crippen molar-refractivity contribution in [2.45, 2.75) is 6.10 Å². The Labute approximate surface area is 86.7 Å². The normalized spacial score (nSPS) is 12.4. The number of methoxy groups -OCH3 is 1. The fraction of sp³-hybridized carbons (Fsp3) is 0.200. The molecule has 2 heterocycles. The lowest BCUT2D eigenvalue weighted by Crippen LogP contribution is -2.01. The zero-order valence-electron chi connectivity index (χ0n) is 8.21. The smallest absolute Gasteiger partial charge is 0.128 e. The second kappa shape index (κ2) is 4.10. The third-order valence-electron chi connectivity index (χ3n) is 2.16. The summed E-state index contributed by atoms with van der Waals surface area (Å²) in [4.78, 5) is 3.95. The van der Waals surface area contributed by atoms with Crippen molar-refractivity contribution in [2.24, 2.45) is 0 Å². The van der Waals surface area contributed by atoms with Crippen LogP contribution in [0.1, 0.15) is 17.2 Å². The van der Waals surface area contributed by atoms with Crippen molar-refractivity contribution in [2.75, 3.05) is 7.11 Å². The molecule has 1 unspecified atom stereocenters. The van der Waals surface area contributed by atoms with Crippen LogP contribution in [0.25, 0.3) is 0 Å². The Bertz CT molecular complexity index is 428. The van der Waals surface area contributed by atoms with E-state index >= 15 is 0 Å². The Kier molecular flexibility index (Phi) is 2.64. The van der Waals surface area contributed by atoms with Crippen molar-refractivity contribution in [3.63, 3.8) is 0 Å². The van der Waals surface area contributed by atoms with Gasteiger partial charge in [-0.25, -0.2) is 0 Å². The van der Waals surface area contributed by atoms with E-state index in [1.54, 1.807) is 38.0 Å². The van der Waals surface area contributed by atoms with Crippen molar-refractivity contribution in [1.29, 1.82) is 0 Å². The number of hydrogen-bond acceptors (Lipinski definition) is 4. The highest BCUT2D eigenvalue weighted by molar-refractivity contribution is 5.36. The van der Waals surface area contributed by atoms with Gasteiger partial charge in [0.25, 0.3) is 0 Å². The molecule has 5 heteroatoms. The van der Waals surface area contributed by atoms with Crippen LogP contribution in [0.2, 0.25) is 0 Å². The molecule has 5 nitrogen and oxygen atoms in total. The van der Waals surface area contributed by atoms with Gasteiger partial charge in [-0.1, -0.05) is 0 Å². The zero-order valence-corrected chi connectivity index (χ0v) is 8.21. The molecule has 2 aromatic heterocycles. The van der Waals surface area contributed by atoms with Crippen LogP contribution < -0.4 is 4.74 Å². The van der Waals surface area contributed by atoms with E-state index in [9.17, 15) is 5.11 Å². The Hall–Kier alpha value is -1.88. The third kappa shape index (κ3) is 1.82. The SMILES string of the molecule is COc1ccncc1C(O)c1cn[nH]c1. The first-order valence-electron chi connectivity index (χ1n) is 4.47. The highest BCUT2D eigenvalue weighted by Gasteiger charge is 2.15. The Morgan fingerprint density at radius 3 is 3.00 bits per heavy atom. The van der Waals surface area contributed by atoms with Gasteiger partial charge in [0, 0.05) is 29.7 Å². The minimum atomic E-state index is -0.771. The summed E-state index contributed by atoms with van der Waals surface area (Å²) in [6.07, 6.45) is 5.63. The second-order valence-electron chi connectivity index (χ2n) is 3.05. The van der Waals surface area contributed by atoms with Crippen molar-refractivity contribution >= 4 is 0 Å². The van der Waals surface area contributed by atoms with Crippen molar-refractivity contribution in [3.05, 3.63) is 42.0 Å². The summed E-state index contributed by atoms with van der Waals surface area (Å²) in [5.41, 5.74) is 1.31. The minimum Gasteiger partial charge on any atom is -0.496 e. The molecule has 0 aliphatic heterocycles. The Balaban J connectivity index is 2.37. The molecule has 2 N–H and O–H groups in total. The van der Waals surface area contributed by atoms with E-state index in [1.165, 1.54) is 0 Å². The molecule has 0 saturated carbocycles. The molecular formula is C10H11N3O2. The van der Waals surface area contributed by atoms with Gasteiger partial charge in [0.15, 0.2) is 0 Å². The molecule has 0 radical (unpaired) electrons. The van der Waals surface area contributed by atoms with E-state index < -0.39 is 6.10 Å². The van der Waals surface area contributed by atoms with E-state index in [4.69, 9.17) is 4.74 Å². The lowest BCUT2D eigenvalue weighted by molar-refractivity contribution is 0.214. The highest BCUT2D eigenvalue weighted by Crippen LogP contribution is 2.27. The number of rotatable bonds is 3. The van der Waals surface area contributed by atoms with E-state index in [-0.39, 0.29) is 0 Å². The number of aromatic nitrogens is 3. The molecule has 2 rings (SSSR count). The number of nitrogens with one attached hydrogen (secondary N) is 1. The first kappa shape index (κ1) is 9.67. The number of aliphatic hydroxyl groups is 1. The third-order valence-corrected chi connectivity index (χ3v) is 2.16. The molecule has 0 amide bonds. The predicted octanol–water partition coefficient (Wildman–Crippen LogP) is 0.895. The van der Waals surface area contributed by atoms with E-state index in [1.807, 2.05) is 0 Å². The van der Waals surface area contributed by atoms with Gasteiger partial charge in [-0.2, -0.15) is 5.10 Å². The summed E-state index contributed by atoms with van der Waals surface area (Å²) in [5, 5.41) is 16.4. The average molecular weight is 205 g/mol. The summed E-state index contributed by atoms with van der Waals surface area (Å²) < 4.78 is 5.13. The van der Waals surface area contributed by atoms with E-state index in [0.29, 0.717) is 16.9 Å². The maximum absolute atomic E-state index is 10.0. The number of H-pyrrole nitrogens is 1. The lowest BCUT2D eigenvalue weighted by atomic mass is 10.1. The maximum atomic E-state index is 10.0. The zero-order chi connectivity index (χ0) is 10.7. The lowest BCUT2D eigenvalue weighted by Gasteiger charge is -2.12. The van der Waals surface area contributed by atoms with E-state index in [0.717, 1.165) is 0 Å². The topological polar surface area (TPSA) is 71.0 Å². The van der Waals surface area contributed by atoms with E-state index in [2.05, 4.69) is 15.2 Å². The maximum Gasteiger partial charge on any atom is 0.128 e. The summed E-state index contributed by atoms with van der Waals surface area (Å²) in [5.74, 6) is 0.610. The summed E-state index contributed by atoms with van der Waals surface area (Å²) in [7, 11) is 1.56. The molecule has 1 atom stereocenters. The summed E-state index contributed by atoms with van der Waals surface area (Å²) in [6, 6.07) is 1.71. The van der Waals surface area contributed by atoms with Gasteiger partial charge in [0.1, 0.15) is 11.9 Å². The monoisotopic (exact) mass is 205 g/mol. The number of aromatic amines is 1. The van der Waals surface area contributed by atoms with Crippen LogP contribution in [0, 0.1) is 0 Å². The van der Waals surface area contributed by atoms with Gasteiger partial charge < -0.3 is 9.84 Å².